The topological polar surface area (TPSA) is 175 Å². The molecule has 6 rings (SSSR count). The van der Waals surface area contributed by atoms with Crippen LogP contribution < -0.4 is 15.4 Å². The zero-order chi connectivity index (χ0) is 37.4. The predicted molar refractivity (Wildman–Crippen MR) is 184 cm³/mol. The third kappa shape index (κ3) is 7.93. The first-order chi connectivity index (χ1) is 24.7. The van der Waals surface area contributed by atoms with Crippen molar-refractivity contribution in [2.45, 2.75) is 99.9 Å². The SMILES string of the molecule is C=C[C@@H]1C[C@]1(NC(=O)[C@@H]1C[C@@H]2CN1C(=O)[C@H](CC(F)F)NC(=O)N(C)CCCCC=Cc1cccc3c1CN(C3)C(=O)O2)C(=O)NS(=O)(=O)C1CC1. The summed E-state index contributed by atoms with van der Waals surface area (Å²) < 4.78 is 60.8. The minimum atomic E-state index is -3.97. The van der Waals surface area contributed by atoms with Crippen LogP contribution >= 0.6 is 0 Å². The lowest BCUT2D eigenvalue weighted by Crippen LogP contribution is -2.59. The number of ether oxygens (including phenoxy) is 1. The number of rotatable bonds is 8. The Labute approximate surface area is 301 Å². The van der Waals surface area contributed by atoms with Gasteiger partial charge in [-0.05, 0) is 55.2 Å². The number of hydrogen-bond donors (Lipinski definition) is 3. The number of halogens is 2. The first-order valence-electron chi connectivity index (χ1n) is 17.6. The third-order valence-electron chi connectivity index (χ3n) is 10.4. The van der Waals surface area contributed by atoms with Gasteiger partial charge in [0.05, 0.1) is 18.3 Å². The number of carbonyl (C=O) groups is 5. The second-order valence-electron chi connectivity index (χ2n) is 14.2. The number of carbonyl (C=O) groups excluding carboxylic acids is 5. The average Bonchev–Trinajstić information content (AvgIpc) is 3.99. The van der Waals surface area contributed by atoms with E-state index >= 15 is 0 Å². The van der Waals surface area contributed by atoms with Gasteiger partial charge in [-0.2, -0.15) is 0 Å². The standard InChI is InChI=1S/C35H44F2N6O8S/c1-3-23-17-35(23,32(46)40-52(49,50)25-12-13-25)39-30(44)28-15-24-19-43(28)31(45)27(16-29(36)37)38-33(47)41(2)14-7-5-4-6-9-21-10-8-11-22-18-42(20-26(21)22)34(48)51-24/h3,6,8-11,23-25,27-29H,1,4-5,7,12-20H2,2H3,(H,38,47)(H,39,44)(H,40,46)/t23-,24-,27+,28+,35-/m1/s1. The maximum Gasteiger partial charge on any atom is 0.410 e. The fourth-order valence-corrected chi connectivity index (χ4v) is 8.49. The number of sulfonamides is 1. The highest BCUT2D eigenvalue weighted by molar-refractivity contribution is 7.91. The van der Waals surface area contributed by atoms with E-state index in [0.717, 1.165) is 28.0 Å². The lowest BCUT2D eigenvalue weighted by molar-refractivity contribution is -0.141. The van der Waals surface area contributed by atoms with Crippen LogP contribution in [-0.4, -0.2) is 109 Å². The van der Waals surface area contributed by atoms with Crippen LogP contribution in [0.4, 0.5) is 18.4 Å². The molecule has 0 radical (unpaired) electrons. The maximum atomic E-state index is 14.0. The number of hydrogen-bond acceptors (Lipinski definition) is 8. The lowest BCUT2D eigenvalue weighted by Gasteiger charge is -2.30. The minimum Gasteiger partial charge on any atom is -0.444 e. The van der Waals surface area contributed by atoms with Crippen LogP contribution in [0.3, 0.4) is 0 Å². The van der Waals surface area contributed by atoms with Gasteiger partial charge in [-0.3, -0.25) is 24.0 Å². The van der Waals surface area contributed by atoms with Crippen LogP contribution in [0.1, 0.15) is 68.1 Å². The second-order valence-corrected chi connectivity index (χ2v) is 16.2. The van der Waals surface area contributed by atoms with Crippen molar-refractivity contribution in [2.24, 2.45) is 5.92 Å². The zero-order valence-electron chi connectivity index (χ0n) is 28.9. The van der Waals surface area contributed by atoms with Crippen LogP contribution in [0.25, 0.3) is 6.08 Å². The average molecular weight is 747 g/mol. The lowest BCUT2D eigenvalue weighted by atomic mass is 10.0. The number of benzene rings is 1. The summed E-state index contributed by atoms with van der Waals surface area (Å²) in [6.07, 6.45) is 2.26. The van der Waals surface area contributed by atoms with Gasteiger partial charge in [0.15, 0.2) is 0 Å². The Kier molecular flexibility index (Phi) is 10.6. The Balaban J connectivity index is 1.27. The molecular weight excluding hydrogens is 702 g/mol. The minimum absolute atomic E-state index is 0.0381. The smallest absolute Gasteiger partial charge is 0.410 e. The van der Waals surface area contributed by atoms with Gasteiger partial charge >= 0.3 is 12.1 Å². The summed E-state index contributed by atoms with van der Waals surface area (Å²) >= 11 is 0. The van der Waals surface area contributed by atoms with E-state index in [4.69, 9.17) is 4.74 Å². The Morgan fingerprint density at radius 3 is 2.63 bits per heavy atom. The summed E-state index contributed by atoms with van der Waals surface area (Å²) in [6, 6.07) is 1.87. The third-order valence-corrected chi connectivity index (χ3v) is 12.2. The summed E-state index contributed by atoms with van der Waals surface area (Å²) in [4.78, 5) is 71.8. The Bertz CT molecular complexity index is 1770. The quantitative estimate of drug-likeness (QED) is 0.341. The van der Waals surface area contributed by atoms with Crippen molar-refractivity contribution in [3.05, 3.63) is 53.6 Å². The van der Waals surface area contributed by atoms with Crippen molar-refractivity contribution >= 4 is 45.9 Å². The van der Waals surface area contributed by atoms with E-state index < -0.39 is 87.6 Å². The Hall–Kier alpha value is -4.54. The molecule has 3 heterocycles. The maximum absolute atomic E-state index is 14.0. The highest BCUT2D eigenvalue weighted by atomic mass is 32.2. The molecule has 4 bridgehead atoms. The zero-order valence-corrected chi connectivity index (χ0v) is 29.7. The Morgan fingerprint density at radius 1 is 1.17 bits per heavy atom. The van der Waals surface area contributed by atoms with E-state index in [1.807, 2.05) is 30.4 Å². The summed E-state index contributed by atoms with van der Waals surface area (Å²) in [6.45, 7) is 4.17. The molecule has 1 aromatic rings. The van der Waals surface area contributed by atoms with E-state index in [1.54, 1.807) is 0 Å². The van der Waals surface area contributed by atoms with Crippen LogP contribution in [0.2, 0.25) is 0 Å². The molecule has 14 nitrogen and oxygen atoms in total. The van der Waals surface area contributed by atoms with E-state index in [2.05, 4.69) is 21.9 Å². The van der Waals surface area contributed by atoms with Gasteiger partial charge in [0.25, 0.3) is 5.91 Å². The van der Waals surface area contributed by atoms with Gasteiger partial charge in [-0.1, -0.05) is 36.4 Å². The first-order valence-corrected chi connectivity index (χ1v) is 19.1. The molecule has 282 valence electrons. The second kappa shape index (κ2) is 14.8. The molecule has 0 spiro atoms. The molecule has 17 heteroatoms. The summed E-state index contributed by atoms with van der Waals surface area (Å²) in [5, 5.41) is 4.31. The van der Waals surface area contributed by atoms with Crippen molar-refractivity contribution in [3.63, 3.8) is 0 Å². The van der Waals surface area contributed by atoms with E-state index in [1.165, 1.54) is 22.9 Å². The molecule has 5 atom stereocenters. The highest BCUT2D eigenvalue weighted by Crippen LogP contribution is 2.45. The van der Waals surface area contributed by atoms with Crippen molar-refractivity contribution in [1.29, 1.82) is 0 Å². The molecule has 3 fully saturated rings. The molecule has 2 aliphatic carbocycles. The molecule has 3 aliphatic heterocycles. The van der Waals surface area contributed by atoms with Crippen molar-refractivity contribution in [2.75, 3.05) is 20.1 Å². The van der Waals surface area contributed by atoms with Crippen LogP contribution in [0.5, 0.6) is 0 Å². The van der Waals surface area contributed by atoms with Crippen LogP contribution in [0, 0.1) is 5.92 Å². The van der Waals surface area contributed by atoms with Gasteiger partial charge < -0.3 is 25.2 Å². The van der Waals surface area contributed by atoms with Crippen LogP contribution in [-0.2, 0) is 42.2 Å². The number of allylic oxidation sites excluding steroid dienone is 1. The molecule has 2 saturated carbocycles. The summed E-state index contributed by atoms with van der Waals surface area (Å²) in [7, 11) is -2.48. The number of nitrogens with one attached hydrogen (secondary N) is 3. The molecule has 1 aromatic carbocycles. The summed E-state index contributed by atoms with van der Waals surface area (Å²) in [5.41, 5.74) is 1.19. The molecular formula is C35H44F2N6O8S. The highest BCUT2D eigenvalue weighted by Gasteiger charge is 2.62. The van der Waals surface area contributed by atoms with Crippen molar-refractivity contribution in [3.8, 4) is 0 Å². The van der Waals surface area contributed by atoms with Gasteiger partial charge in [0.1, 0.15) is 23.7 Å². The monoisotopic (exact) mass is 746 g/mol. The van der Waals surface area contributed by atoms with Gasteiger partial charge in [0.2, 0.25) is 28.3 Å². The summed E-state index contributed by atoms with van der Waals surface area (Å²) in [5.74, 6) is -3.45. The van der Waals surface area contributed by atoms with Crippen LogP contribution in [0.15, 0.2) is 36.9 Å². The predicted octanol–water partition coefficient (Wildman–Crippen LogP) is 2.64. The molecule has 3 N–H and O–H groups in total. The molecule has 6 amide bonds. The number of amides is 6. The first kappa shape index (κ1) is 37.2. The molecule has 1 saturated heterocycles. The number of nitrogens with zero attached hydrogens (tertiary/aromatic N) is 3. The molecule has 52 heavy (non-hydrogen) atoms. The van der Waals surface area contributed by atoms with E-state index in [0.29, 0.717) is 32.2 Å². The van der Waals surface area contributed by atoms with Gasteiger partial charge in [-0.15, -0.1) is 6.58 Å². The van der Waals surface area contributed by atoms with E-state index in [9.17, 15) is 41.2 Å². The van der Waals surface area contributed by atoms with Crippen molar-refractivity contribution in [1.82, 2.24) is 30.1 Å². The number of fused-ring (bicyclic) bond motifs is 3. The molecule has 0 unspecified atom stereocenters. The fourth-order valence-electron chi connectivity index (χ4n) is 7.13. The number of alkyl halides is 2. The van der Waals surface area contributed by atoms with Gasteiger partial charge in [0, 0.05) is 38.9 Å². The normalized spacial score (nSPS) is 28.3. The van der Waals surface area contributed by atoms with Crippen molar-refractivity contribution < 1.29 is 45.9 Å². The van der Waals surface area contributed by atoms with E-state index in [-0.39, 0.29) is 32.5 Å². The molecule has 0 aromatic heterocycles. The largest absolute Gasteiger partial charge is 0.444 e. The van der Waals surface area contributed by atoms with Gasteiger partial charge in [-0.25, -0.2) is 26.8 Å². The molecule has 5 aliphatic rings. The fraction of sp³-hybridized carbons (Fsp3) is 0.571. The number of urea groups is 1. The Morgan fingerprint density at radius 2 is 1.94 bits per heavy atom.